The van der Waals surface area contributed by atoms with Gasteiger partial charge in [0, 0.05) is 31.4 Å². The van der Waals surface area contributed by atoms with E-state index in [9.17, 15) is 4.79 Å². The van der Waals surface area contributed by atoms with Gasteiger partial charge < -0.3 is 15.4 Å². The monoisotopic (exact) mass is 345 g/mol. The minimum absolute atomic E-state index is 0.150. The molecule has 1 heterocycles. The van der Waals surface area contributed by atoms with Gasteiger partial charge in [-0.25, -0.2) is 4.79 Å². The fourth-order valence-corrected chi connectivity index (χ4v) is 3.88. The van der Waals surface area contributed by atoms with Crippen LogP contribution in [0.5, 0.6) is 0 Å². The summed E-state index contributed by atoms with van der Waals surface area (Å²) in [6.45, 7) is 2.26. The lowest BCUT2D eigenvalue weighted by atomic mass is 9.94. The molecule has 0 aromatic heterocycles. The van der Waals surface area contributed by atoms with Gasteiger partial charge in [0.2, 0.25) is 0 Å². The molecule has 0 spiro atoms. The Bertz CT molecular complexity index is 552. The Morgan fingerprint density at radius 1 is 1.16 bits per heavy atom. The Kier molecular flexibility index (Phi) is 6.70. The van der Waals surface area contributed by atoms with Crippen LogP contribution in [0, 0.1) is 0 Å². The smallest absolute Gasteiger partial charge is 0.319 e. The largest absolute Gasteiger partial charge is 0.376 e. The molecule has 2 aliphatic rings. The van der Waals surface area contributed by atoms with Crippen LogP contribution in [0.25, 0.3) is 0 Å². The number of ether oxygens (including phenoxy) is 1. The Labute approximate surface area is 151 Å². The van der Waals surface area contributed by atoms with Crippen molar-refractivity contribution in [3.05, 3.63) is 29.8 Å². The summed E-state index contributed by atoms with van der Waals surface area (Å²) in [5.41, 5.74) is 2.07. The standard InChI is InChI=1S/C20H31N3O2/c1-23(17-9-3-2-4-10-17)15-16-8-5-6-12-19(16)22-20(24)21-14-18-11-7-13-25-18/h5-6,8,12,17-18H,2-4,7,9-11,13-15H2,1H3,(H2,21,22,24). The summed E-state index contributed by atoms with van der Waals surface area (Å²) in [4.78, 5) is 14.7. The summed E-state index contributed by atoms with van der Waals surface area (Å²) in [5, 5.41) is 5.94. The third-order valence-corrected chi connectivity index (χ3v) is 5.40. The fourth-order valence-electron chi connectivity index (χ4n) is 3.88. The molecule has 3 rings (SSSR count). The van der Waals surface area contributed by atoms with Crippen LogP contribution in [0.3, 0.4) is 0 Å². The van der Waals surface area contributed by atoms with Crippen molar-refractivity contribution in [1.29, 1.82) is 0 Å². The van der Waals surface area contributed by atoms with E-state index in [0.717, 1.165) is 31.7 Å². The summed E-state index contributed by atoms with van der Waals surface area (Å²) in [6.07, 6.45) is 8.89. The van der Waals surface area contributed by atoms with Crippen molar-refractivity contribution in [1.82, 2.24) is 10.2 Å². The van der Waals surface area contributed by atoms with Crippen molar-refractivity contribution in [2.45, 2.75) is 63.6 Å². The van der Waals surface area contributed by atoms with E-state index in [1.807, 2.05) is 18.2 Å². The highest BCUT2D eigenvalue weighted by molar-refractivity contribution is 5.90. The van der Waals surface area contributed by atoms with Crippen LogP contribution in [-0.2, 0) is 11.3 Å². The SMILES string of the molecule is CN(Cc1ccccc1NC(=O)NCC1CCCO1)C1CCCCC1. The number of para-hydroxylation sites is 1. The second-order valence-electron chi connectivity index (χ2n) is 7.33. The van der Waals surface area contributed by atoms with E-state index in [2.05, 4.69) is 28.6 Å². The molecule has 1 aliphatic heterocycles. The minimum Gasteiger partial charge on any atom is -0.376 e. The van der Waals surface area contributed by atoms with Crippen molar-refractivity contribution >= 4 is 11.7 Å². The highest BCUT2D eigenvalue weighted by atomic mass is 16.5. The van der Waals surface area contributed by atoms with Gasteiger partial charge in [0.15, 0.2) is 0 Å². The predicted octanol–water partition coefficient (Wildman–Crippen LogP) is 3.75. The van der Waals surface area contributed by atoms with Gasteiger partial charge in [-0.1, -0.05) is 37.5 Å². The Morgan fingerprint density at radius 2 is 1.96 bits per heavy atom. The molecule has 2 amide bonds. The number of amides is 2. The summed E-state index contributed by atoms with van der Waals surface area (Å²) in [7, 11) is 2.20. The number of carbonyl (C=O) groups excluding carboxylic acids is 1. The molecule has 1 aromatic rings. The Hall–Kier alpha value is -1.59. The highest BCUT2D eigenvalue weighted by Crippen LogP contribution is 2.24. The first-order valence-electron chi connectivity index (χ1n) is 9.67. The number of anilines is 1. The third kappa shape index (κ3) is 5.44. The molecule has 0 bridgehead atoms. The van der Waals surface area contributed by atoms with E-state index >= 15 is 0 Å². The quantitative estimate of drug-likeness (QED) is 0.825. The van der Waals surface area contributed by atoms with Crippen LogP contribution in [-0.4, -0.2) is 43.3 Å². The second kappa shape index (κ2) is 9.20. The zero-order valence-corrected chi connectivity index (χ0v) is 15.3. The van der Waals surface area contributed by atoms with E-state index in [1.165, 1.54) is 37.7 Å². The maximum Gasteiger partial charge on any atom is 0.319 e. The lowest BCUT2D eigenvalue weighted by molar-refractivity contribution is 0.112. The van der Waals surface area contributed by atoms with E-state index < -0.39 is 0 Å². The summed E-state index contributed by atoms with van der Waals surface area (Å²) >= 11 is 0. The molecular weight excluding hydrogens is 314 g/mol. The van der Waals surface area contributed by atoms with Gasteiger partial charge in [-0.15, -0.1) is 0 Å². The summed E-state index contributed by atoms with van der Waals surface area (Å²) in [6, 6.07) is 8.61. The molecule has 1 unspecified atom stereocenters. The molecule has 1 aliphatic carbocycles. The number of benzene rings is 1. The lowest BCUT2D eigenvalue weighted by Gasteiger charge is -2.31. The minimum atomic E-state index is -0.150. The van der Waals surface area contributed by atoms with Crippen molar-refractivity contribution in [2.75, 3.05) is 25.5 Å². The maximum absolute atomic E-state index is 12.2. The number of carbonyl (C=O) groups is 1. The Morgan fingerprint density at radius 3 is 2.72 bits per heavy atom. The van der Waals surface area contributed by atoms with Gasteiger partial charge in [0.05, 0.1) is 6.10 Å². The van der Waals surface area contributed by atoms with E-state index in [4.69, 9.17) is 4.74 Å². The summed E-state index contributed by atoms with van der Waals surface area (Å²) in [5.74, 6) is 0. The van der Waals surface area contributed by atoms with Crippen LogP contribution in [0.4, 0.5) is 10.5 Å². The molecule has 2 N–H and O–H groups in total. The number of nitrogens with one attached hydrogen (secondary N) is 2. The third-order valence-electron chi connectivity index (χ3n) is 5.40. The molecule has 1 saturated carbocycles. The zero-order valence-electron chi connectivity index (χ0n) is 15.3. The second-order valence-corrected chi connectivity index (χ2v) is 7.33. The van der Waals surface area contributed by atoms with Crippen molar-refractivity contribution < 1.29 is 9.53 Å². The van der Waals surface area contributed by atoms with E-state index in [-0.39, 0.29) is 12.1 Å². The van der Waals surface area contributed by atoms with Gasteiger partial charge >= 0.3 is 6.03 Å². The normalized spacial score (nSPS) is 21.4. The first-order chi connectivity index (χ1) is 12.2. The van der Waals surface area contributed by atoms with Gasteiger partial charge in [-0.2, -0.15) is 0 Å². The number of rotatable bonds is 6. The summed E-state index contributed by atoms with van der Waals surface area (Å²) < 4.78 is 5.55. The van der Waals surface area contributed by atoms with Crippen LogP contribution < -0.4 is 10.6 Å². The first-order valence-corrected chi connectivity index (χ1v) is 9.67. The maximum atomic E-state index is 12.2. The average Bonchev–Trinajstić information content (AvgIpc) is 3.16. The molecule has 5 nitrogen and oxygen atoms in total. The van der Waals surface area contributed by atoms with Crippen molar-refractivity contribution in [3.63, 3.8) is 0 Å². The lowest BCUT2D eigenvalue weighted by Crippen LogP contribution is -2.36. The van der Waals surface area contributed by atoms with Crippen LogP contribution in [0.1, 0.15) is 50.5 Å². The molecule has 25 heavy (non-hydrogen) atoms. The number of urea groups is 1. The highest BCUT2D eigenvalue weighted by Gasteiger charge is 2.19. The van der Waals surface area contributed by atoms with Crippen LogP contribution >= 0.6 is 0 Å². The molecule has 1 atom stereocenters. The van der Waals surface area contributed by atoms with Crippen molar-refractivity contribution in [3.8, 4) is 0 Å². The molecule has 2 fully saturated rings. The molecular formula is C20H31N3O2. The molecule has 0 radical (unpaired) electrons. The van der Waals surface area contributed by atoms with E-state index in [0.29, 0.717) is 12.6 Å². The van der Waals surface area contributed by atoms with Crippen LogP contribution in [0.2, 0.25) is 0 Å². The number of hydrogen-bond donors (Lipinski definition) is 2. The molecule has 5 heteroatoms. The van der Waals surface area contributed by atoms with Gasteiger partial charge in [0.25, 0.3) is 0 Å². The predicted molar refractivity (Wildman–Crippen MR) is 101 cm³/mol. The first kappa shape index (κ1) is 18.2. The number of hydrogen-bond acceptors (Lipinski definition) is 3. The number of nitrogens with zero attached hydrogens (tertiary/aromatic N) is 1. The molecule has 1 saturated heterocycles. The van der Waals surface area contributed by atoms with Crippen molar-refractivity contribution in [2.24, 2.45) is 0 Å². The van der Waals surface area contributed by atoms with E-state index in [1.54, 1.807) is 0 Å². The Balaban J connectivity index is 1.53. The van der Waals surface area contributed by atoms with Gasteiger partial charge in [-0.05, 0) is 44.4 Å². The average molecular weight is 345 g/mol. The fraction of sp³-hybridized carbons (Fsp3) is 0.650. The topological polar surface area (TPSA) is 53.6 Å². The van der Waals surface area contributed by atoms with Gasteiger partial charge in [0.1, 0.15) is 0 Å². The zero-order chi connectivity index (χ0) is 17.5. The van der Waals surface area contributed by atoms with Crippen LogP contribution in [0.15, 0.2) is 24.3 Å². The molecule has 1 aromatic carbocycles. The molecule has 138 valence electrons. The van der Waals surface area contributed by atoms with Gasteiger partial charge in [-0.3, -0.25) is 4.90 Å².